The van der Waals surface area contributed by atoms with Gasteiger partial charge in [0.25, 0.3) is 0 Å². The zero-order valence-corrected chi connectivity index (χ0v) is 19.0. The zero-order chi connectivity index (χ0) is 18.6. The highest BCUT2D eigenvalue weighted by Gasteiger charge is 2.10. The fraction of sp³-hybridized carbons (Fsp3) is 0.0400. The minimum Gasteiger partial charge on any atom is -0.0619 e. The first-order valence-electron chi connectivity index (χ1n) is 8.88. The van der Waals surface area contributed by atoms with Crippen molar-refractivity contribution in [1.29, 1.82) is 0 Å². The molecule has 0 amide bonds. The van der Waals surface area contributed by atoms with Gasteiger partial charge in [0.05, 0.1) is 0 Å². The van der Waals surface area contributed by atoms with Gasteiger partial charge >= 0.3 is 0 Å². The van der Waals surface area contributed by atoms with Crippen molar-refractivity contribution < 1.29 is 0 Å². The Bertz CT molecular complexity index is 996. The minimum atomic E-state index is 0.920. The van der Waals surface area contributed by atoms with E-state index in [1.165, 1.54) is 40.5 Å². The van der Waals surface area contributed by atoms with E-state index in [1.54, 1.807) is 0 Å². The van der Waals surface area contributed by atoms with Gasteiger partial charge in [0, 0.05) is 7.14 Å². The maximum absolute atomic E-state index is 2.38. The second-order valence-corrected chi connectivity index (χ2v) is 9.00. The minimum absolute atomic E-state index is 0.920. The van der Waals surface area contributed by atoms with Crippen LogP contribution in [0.15, 0.2) is 97.1 Å². The number of benzene rings is 4. The molecule has 4 aromatic carbocycles. The summed E-state index contributed by atoms with van der Waals surface area (Å²) in [6.45, 7) is 0. The average Bonchev–Trinajstić information content (AvgIpc) is 2.69. The Morgan fingerprint density at radius 3 is 1.37 bits per heavy atom. The standard InChI is InChI=1S/C25H18I2/c26-22-11-5-9-20(16-22)24-13-3-1-7-18(24)15-19-8-2-4-14-25(19)21-10-6-12-23(27)17-21/h1-14,16-17H,15H2. The van der Waals surface area contributed by atoms with E-state index in [9.17, 15) is 0 Å². The number of rotatable bonds is 4. The molecule has 0 heterocycles. The molecule has 0 saturated carbocycles. The van der Waals surface area contributed by atoms with Crippen molar-refractivity contribution in [3.63, 3.8) is 0 Å². The molecule has 0 nitrogen and oxygen atoms in total. The monoisotopic (exact) mass is 572 g/mol. The van der Waals surface area contributed by atoms with Crippen LogP contribution < -0.4 is 0 Å². The van der Waals surface area contributed by atoms with Crippen molar-refractivity contribution >= 4 is 45.2 Å². The summed E-state index contributed by atoms with van der Waals surface area (Å²) in [5, 5.41) is 0. The SMILES string of the molecule is Ic1cccc(-c2ccccc2Cc2ccccc2-c2cccc(I)c2)c1. The smallest absolute Gasteiger partial charge is 0.0136 e. The largest absolute Gasteiger partial charge is 0.0619 e. The molecule has 132 valence electrons. The van der Waals surface area contributed by atoms with Crippen LogP contribution in [0.2, 0.25) is 0 Å². The first-order valence-corrected chi connectivity index (χ1v) is 11.0. The van der Waals surface area contributed by atoms with Gasteiger partial charge in [0.15, 0.2) is 0 Å². The highest BCUT2D eigenvalue weighted by atomic mass is 127. The van der Waals surface area contributed by atoms with Gasteiger partial charge in [0.1, 0.15) is 0 Å². The van der Waals surface area contributed by atoms with Gasteiger partial charge in [-0.3, -0.25) is 0 Å². The Balaban J connectivity index is 1.77. The van der Waals surface area contributed by atoms with Crippen molar-refractivity contribution in [1.82, 2.24) is 0 Å². The Hall–Kier alpha value is -1.66. The van der Waals surface area contributed by atoms with Gasteiger partial charge in [0.2, 0.25) is 0 Å². The first kappa shape index (κ1) is 18.7. The zero-order valence-electron chi connectivity index (χ0n) is 14.7. The van der Waals surface area contributed by atoms with E-state index in [0.29, 0.717) is 0 Å². The fourth-order valence-electron chi connectivity index (χ4n) is 3.43. The molecule has 0 N–H and O–H groups in total. The summed E-state index contributed by atoms with van der Waals surface area (Å²) < 4.78 is 2.53. The van der Waals surface area contributed by atoms with E-state index in [4.69, 9.17) is 0 Å². The topological polar surface area (TPSA) is 0 Å². The molecular formula is C25H18I2. The third kappa shape index (κ3) is 4.43. The highest BCUT2D eigenvalue weighted by Crippen LogP contribution is 2.31. The molecule has 0 aliphatic carbocycles. The molecule has 0 atom stereocenters. The number of hydrogen-bond acceptors (Lipinski definition) is 0. The maximum Gasteiger partial charge on any atom is 0.0136 e. The Morgan fingerprint density at radius 1 is 0.481 bits per heavy atom. The van der Waals surface area contributed by atoms with Crippen LogP contribution >= 0.6 is 45.2 Å². The van der Waals surface area contributed by atoms with Crippen LogP contribution in [0.4, 0.5) is 0 Å². The summed E-state index contributed by atoms with van der Waals surface area (Å²) in [6, 6.07) is 35.0. The predicted octanol–water partition coefficient (Wildman–Crippen LogP) is 7.82. The molecule has 0 bridgehead atoms. The molecular weight excluding hydrogens is 554 g/mol. The molecule has 4 aromatic rings. The molecule has 0 aliphatic heterocycles. The van der Waals surface area contributed by atoms with Crippen molar-refractivity contribution in [2.75, 3.05) is 0 Å². The van der Waals surface area contributed by atoms with E-state index in [-0.39, 0.29) is 0 Å². The fourth-order valence-corrected chi connectivity index (χ4v) is 4.52. The molecule has 0 aliphatic rings. The summed E-state index contributed by atoms with van der Waals surface area (Å²) in [5.41, 5.74) is 7.91. The molecule has 0 aromatic heterocycles. The van der Waals surface area contributed by atoms with E-state index in [1.807, 2.05) is 0 Å². The van der Waals surface area contributed by atoms with Crippen LogP contribution in [-0.4, -0.2) is 0 Å². The van der Waals surface area contributed by atoms with Crippen LogP contribution in [0.5, 0.6) is 0 Å². The second kappa shape index (κ2) is 8.57. The van der Waals surface area contributed by atoms with Crippen molar-refractivity contribution in [3.8, 4) is 22.3 Å². The molecule has 0 fully saturated rings. The van der Waals surface area contributed by atoms with Crippen LogP contribution in [0.3, 0.4) is 0 Å². The lowest BCUT2D eigenvalue weighted by Crippen LogP contribution is -1.95. The van der Waals surface area contributed by atoms with Crippen molar-refractivity contribution in [2.45, 2.75) is 6.42 Å². The normalized spacial score (nSPS) is 10.7. The third-order valence-electron chi connectivity index (χ3n) is 4.69. The summed E-state index contributed by atoms with van der Waals surface area (Å²) in [4.78, 5) is 0. The van der Waals surface area contributed by atoms with Crippen LogP contribution in [-0.2, 0) is 6.42 Å². The first-order chi connectivity index (χ1) is 13.2. The lowest BCUT2D eigenvalue weighted by Gasteiger charge is -2.14. The second-order valence-electron chi connectivity index (χ2n) is 6.51. The average molecular weight is 572 g/mol. The summed E-state index contributed by atoms with van der Waals surface area (Å²) in [6.07, 6.45) is 0.920. The van der Waals surface area contributed by atoms with E-state index >= 15 is 0 Å². The van der Waals surface area contributed by atoms with E-state index in [2.05, 4.69) is 142 Å². The molecule has 0 radical (unpaired) electrons. The quantitative estimate of drug-likeness (QED) is 0.219. The maximum atomic E-state index is 2.38. The Kier molecular flexibility index (Phi) is 5.93. The Labute approximate surface area is 187 Å². The van der Waals surface area contributed by atoms with Gasteiger partial charge < -0.3 is 0 Å². The van der Waals surface area contributed by atoms with Gasteiger partial charge in [-0.1, -0.05) is 72.8 Å². The molecule has 27 heavy (non-hydrogen) atoms. The van der Waals surface area contributed by atoms with Gasteiger partial charge in [-0.2, -0.15) is 0 Å². The van der Waals surface area contributed by atoms with Crippen molar-refractivity contribution in [2.24, 2.45) is 0 Å². The molecule has 0 spiro atoms. The lowest BCUT2D eigenvalue weighted by atomic mass is 9.91. The van der Waals surface area contributed by atoms with E-state index in [0.717, 1.165) is 6.42 Å². The summed E-state index contributed by atoms with van der Waals surface area (Å²) in [5.74, 6) is 0. The van der Waals surface area contributed by atoms with Crippen molar-refractivity contribution in [3.05, 3.63) is 115 Å². The third-order valence-corrected chi connectivity index (χ3v) is 6.03. The molecule has 0 unspecified atom stereocenters. The van der Waals surface area contributed by atoms with Crippen LogP contribution in [0.25, 0.3) is 22.3 Å². The molecule has 4 rings (SSSR count). The molecule has 0 saturated heterocycles. The summed E-state index contributed by atoms with van der Waals surface area (Å²) >= 11 is 4.77. The van der Waals surface area contributed by atoms with Gasteiger partial charge in [-0.15, -0.1) is 0 Å². The molecule has 2 heteroatoms. The van der Waals surface area contributed by atoms with Crippen LogP contribution in [0, 0.1) is 7.14 Å². The van der Waals surface area contributed by atoms with E-state index < -0.39 is 0 Å². The highest BCUT2D eigenvalue weighted by molar-refractivity contribution is 14.1. The van der Waals surface area contributed by atoms with Crippen LogP contribution in [0.1, 0.15) is 11.1 Å². The number of hydrogen-bond donors (Lipinski definition) is 0. The summed E-state index contributed by atoms with van der Waals surface area (Å²) in [7, 11) is 0. The lowest BCUT2D eigenvalue weighted by molar-refractivity contribution is 1.20. The van der Waals surface area contributed by atoms with Gasteiger partial charge in [-0.05, 0) is 109 Å². The number of halogens is 2. The Morgan fingerprint density at radius 2 is 0.926 bits per heavy atom. The van der Waals surface area contributed by atoms with Gasteiger partial charge in [-0.25, -0.2) is 0 Å². The predicted molar refractivity (Wildman–Crippen MR) is 132 cm³/mol.